The summed E-state index contributed by atoms with van der Waals surface area (Å²) in [5.41, 5.74) is 0. The summed E-state index contributed by atoms with van der Waals surface area (Å²) in [4.78, 5) is 4.18. The normalized spacial score (nSPS) is 11.7. The third kappa shape index (κ3) is 6.01. The molecule has 0 aromatic carbocycles. The van der Waals surface area contributed by atoms with E-state index in [1.54, 1.807) is 13.4 Å². The number of nitrogens with one attached hydrogen (secondary N) is 2. The first-order chi connectivity index (χ1) is 9.81. The highest BCUT2D eigenvalue weighted by Crippen LogP contribution is 1.94. The topological polar surface area (TPSA) is 76.4 Å². The molecule has 0 aliphatic carbocycles. The van der Waals surface area contributed by atoms with Crippen molar-refractivity contribution in [2.45, 2.75) is 39.8 Å². The fourth-order valence-corrected chi connectivity index (χ4v) is 1.74. The first-order valence-corrected chi connectivity index (χ1v) is 7.20. The molecule has 0 fully saturated rings. The summed E-state index contributed by atoms with van der Waals surface area (Å²) in [7, 11) is 1.76. The van der Waals surface area contributed by atoms with E-state index in [-0.39, 0.29) is 0 Å². The van der Waals surface area contributed by atoms with Crippen LogP contribution in [0.2, 0.25) is 0 Å². The number of guanidine groups is 1. The second-order valence-electron chi connectivity index (χ2n) is 4.29. The van der Waals surface area contributed by atoms with Gasteiger partial charge in [0.25, 0.3) is 0 Å². The molecule has 0 aliphatic rings. The smallest absolute Gasteiger partial charge is 0.191 e. The van der Waals surface area contributed by atoms with Crippen LogP contribution in [0.25, 0.3) is 0 Å². The standard InChI is InChI=1S/C13H26N6O/c1-4-19-11-17-18-12(19)10-16-13(14-3)15-8-6-7-9-20-5-2/h11H,4-10H2,1-3H3,(H2,14,15,16). The van der Waals surface area contributed by atoms with Crippen molar-refractivity contribution in [3.8, 4) is 0 Å². The van der Waals surface area contributed by atoms with E-state index in [2.05, 4.69) is 32.7 Å². The number of aliphatic imine (C=N–C) groups is 1. The average Bonchev–Trinajstić information content (AvgIpc) is 2.93. The summed E-state index contributed by atoms with van der Waals surface area (Å²) in [6.07, 6.45) is 3.86. The maximum atomic E-state index is 5.30. The molecule has 1 aromatic rings. The van der Waals surface area contributed by atoms with Gasteiger partial charge in [-0.05, 0) is 26.7 Å². The van der Waals surface area contributed by atoms with E-state index in [0.29, 0.717) is 6.54 Å². The van der Waals surface area contributed by atoms with Crippen LogP contribution in [0.15, 0.2) is 11.3 Å². The lowest BCUT2D eigenvalue weighted by atomic mass is 10.3. The first-order valence-electron chi connectivity index (χ1n) is 7.20. The highest BCUT2D eigenvalue weighted by atomic mass is 16.5. The number of nitrogens with zero attached hydrogens (tertiary/aromatic N) is 4. The van der Waals surface area contributed by atoms with Gasteiger partial charge in [-0.3, -0.25) is 4.99 Å². The van der Waals surface area contributed by atoms with Crippen LogP contribution in [0.4, 0.5) is 0 Å². The van der Waals surface area contributed by atoms with Gasteiger partial charge in [-0.25, -0.2) is 0 Å². The number of hydrogen-bond acceptors (Lipinski definition) is 4. The number of hydrogen-bond donors (Lipinski definition) is 2. The number of ether oxygens (including phenoxy) is 1. The Morgan fingerprint density at radius 2 is 2.20 bits per heavy atom. The Kier molecular flexibility index (Phi) is 8.37. The Hall–Kier alpha value is -1.63. The van der Waals surface area contributed by atoms with Crippen LogP contribution in [0, 0.1) is 0 Å². The number of rotatable bonds is 9. The lowest BCUT2D eigenvalue weighted by Gasteiger charge is -2.11. The molecule has 7 nitrogen and oxygen atoms in total. The predicted molar refractivity (Wildman–Crippen MR) is 79.6 cm³/mol. The molecule has 0 aliphatic heterocycles. The van der Waals surface area contributed by atoms with E-state index in [1.807, 2.05) is 11.5 Å². The summed E-state index contributed by atoms with van der Waals surface area (Å²) in [5, 5.41) is 14.5. The van der Waals surface area contributed by atoms with Crippen LogP contribution < -0.4 is 10.6 Å². The Labute approximate surface area is 120 Å². The molecule has 20 heavy (non-hydrogen) atoms. The van der Waals surface area contributed by atoms with Crippen molar-refractivity contribution >= 4 is 5.96 Å². The van der Waals surface area contributed by atoms with Gasteiger partial charge in [0.2, 0.25) is 0 Å². The highest BCUT2D eigenvalue weighted by molar-refractivity contribution is 5.79. The molecule has 7 heteroatoms. The number of aryl methyl sites for hydroxylation is 1. The van der Waals surface area contributed by atoms with Crippen molar-refractivity contribution in [1.29, 1.82) is 0 Å². The Bertz CT molecular complexity index is 390. The van der Waals surface area contributed by atoms with E-state index < -0.39 is 0 Å². The van der Waals surface area contributed by atoms with E-state index >= 15 is 0 Å². The van der Waals surface area contributed by atoms with Crippen LogP contribution in [-0.2, 0) is 17.8 Å². The maximum absolute atomic E-state index is 5.30. The molecule has 0 saturated heterocycles. The third-order valence-electron chi connectivity index (χ3n) is 2.89. The van der Waals surface area contributed by atoms with Crippen LogP contribution >= 0.6 is 0 Å². The van der Waals surface area contributed by atoms with Gasteiger partial charge in [0.15, 0.2) is 11.8 Å². The molecule has 1 aromatic heterocycles. The Morgan fingerprint density at radius 3 is 2.90 bits per heavy atom. The Balaban J connectivity index is 2.20. The van der Waals surface area contributed by atoms with Crippen molar-refractivity contribution in [2.24, 2.45) is 4.99 Å². The molecule has 0 amide bonds. The van der Waals surface area contributed by atoms with E-state index in [0.717, 1.165) is 50.9 Å². The van der Waals surface area contributed by atoms with Gasteiger partial charge in [0, 0.05) is 33.4 Å². The molecule has 0 bridgehead atoms. The zero-order valence-electron chi connectivity index (χ0n) is 12.7. The van der Waals surface area contributed by atoms with Crippen LogP contribution in [0.5, 0.6) is 0 Å². The van der Waals surface area contributed by atoms with E-state index in [9.17, 15) is 0 Å². The zero-order valence-corrected chi connectivity index (χ0v) is 12.7. The molecule has 1 heterocycles. The molecular formula is C13H26N6O. The lowest BCUT2D eigenvalue weighted by Crippen LogP contribution is -2.37. The van der Waals surface area contributed by atoms with E-state index in [1.165, 1.54) is 0 Å². The summed E-state index contributed by atoms with van der Waals surface area (Å²) < 4.78 is 7.30. The second kappa shape index (κ2) is 10.2. The van der Waals surface area contributed by atoms with Crippen molar-refractivity contribution < 1.29 is 4.74 Å². The van der Waals surface area contributed by atoms with Gasteiger partial charge in [0.05, 0.1) is 6.54 Å². The minimum absolute atomic E-state index is 0.618. The van der Waals surface area contributed by atoms with Gasteiger partial charge < -0.3 is 19.9 Å². The van der Waals surface area contributed by atoms with Crippen molar-refractivity contribution in [3.05, 3.63) is 12.2 Å². The Morgan fingerprint density at radius 1 is 1.35 bits per heavy atom. The summed E-state index contributed by atoms with van der Waals surface area (Å²) >= 11 is 0. The van der Waals surface area contributed by atoms with Gasteiger partial charge in [-0.15, -0.1) is 10.2 Å². The second-order valence-corrected chi connectivity index (χ2v) is 4.29. The molecule has 2 N–H and O–H groups in total. The van der Waals surface area contributed by atoms with Crippen LogP contribution in [0.3, 0.4) is 0 Å². The fourth-order valence-electron chi connectivity index (χ4n) is 1.74. The summed E-state index contributed by atoms with van der Waals surface area (Å²) in [6, 6.07) is 0. The van der Waals surface area contributed by atoms with Gasteiger partial charge in [-0.2, -0.15) is 0 Å². The SMILES string of the molecule is CCOCCCCNC(=NC)NCc1nncn1CC. The van der Waals surface area contributed by atoms with Crippen LogP contribution in [0.1, 0.15) is 32.5 Å². The third-order valence-corrected chi connectivity index (χ3v) is 2.89. The monoisotopic (exact) mass is 282 g/mol. The molecule has 0 saturated carbocycles. The van der Waals surface area contributed by atoms with Crippen molar-refractivity contribution in [1.82, 2.24) is 25.4 Å². The van der Waals surface area contributed by atoms with Gasteiger partial charge in [-0.1, -0.05) is 0 Å². The first kappa shape index (κ1) is 16.4. The molecule has 0 spiro atoms. The average molecular weight is 282 g/mol. The quantitative estimate of drug-likeness (QED) is 0.398. The summed E-state index contributed by atoms with van der Waals surface area (Å²) in [6.45, 7) is 8.06. The van der Waals surface area contributed by atoms with Gasteiger partial charge in [0.1, 0.15) is 6.33 Å². The van der Waals surface area contributed by atoms with E-state index in [4.69, 9.17) is 4.74 Å². The largest absolute Gasteiger partial charge is 0.382 e. The van der Waals surface area contributed by atoms with Crippen molar-refractivity contribution in [3.63, 3.8) is 0 Å². The molecular weight excluding hydrogens is 256 g/mol. The minimum atomic E-state index is 0.618. The number of aromatic nitrogens is 3. The predicted octanol–water partition coefficient (Wildman–Crippen LogP) is 0.780. The van der Waals surface area contributed by atoms with Gasteiger partial charge >= 0.3 is 0 Å². The molecule has 114 valence electrons. The summed E-state index contributed by atoms with van der Waals surface area (Å²) in [5.74, 6) is 1.69. The van der Waals surface area contributed by atoms with Crippen molar-refractivity contribution in [2.75, 3.05) is 26.8 Å². The fraction of sp³-hybridized carbons (Fsp3) is 0.769. The molecule has 0 atom stereocenters. The number of unbranched alkanes of at least 4 members (excludes halogenated alkanes) is 1. The maximum Gasteiger partial charge on any atom is 0.191 e. The molecule has 0 unspecified atom stereocenters. The highest BCUT2D eigenvalue weighted by Gasteiger charge is 2.03. The zero-order chi connectivity index (χ0) is 14.6. The molecule has 0 radical (unpaired) electrons. The molecule has 1 rings (SSSR count). The minimum Gasteiger partial charge on any atom is -0.382 e. The lowest BCUT2D eigenvalue weighted by molar-refractivity contribution is 0.143. The van der Waals surface area contributed by atoms with Crippen LogP contribution in [-0.4, -0.2) is 47.5 Å².